The predicted molar refractivity (Wildman–Crippen MR) is 81.8 cm³/mol. The highest BCUT2D eigenvalue weighted by Gasteiger charge is 2.10. The number of aryl methyl sites for hydroxylation is 1. The van der Waals surface area contributed by atoms with E-state index in [1.165, 1.54) is 0 Å². The molecule has 0 fully saturated rings. The van der Waals surface area contributed by atoms with E-state index in [0.29, 0.717) is 17.6 Å². The first-order chi connectivity index (χ1) is 10.1. The number of carbonyl (C=O) groups excluding carboxylic acids is 2. The van der Waals surface area contributed by atoms with Crippen molar-refractivity contribution in [2.24, 2.45) is 0 Å². The van der Waals surface area contributed by atoms with Crippen molar-refractivity contribution in [3.8, 4) is 11.5 Å². The number of para-hydroxylation sites is 1. The highest BCUT2D eigenvalue weighted by Crippen LogP contribution is 2.25. The molecule has 0 saturated heterocycles. The molecule has 4 nitrogen and oxygen atoms in total. The molecule has 108 valence electrons. The molecule has 0 atom stereocenters. The van der Waals surface area contributed by atoms with Gasteiger partial charge in [0.1, 0.15) is 11.5 Å². The van der Waals surface area contributed by atoms with Gasteiger partial charge < -0.3 is 9.47 Å². The van der Waals surface area contributed by atoms with Crippen LogP contribution in [0.4, 0.5) is 0 Å². The lowest BCUT2D eigenvalue weighted by Crippen LogP contribution is -2.18. The van der Waals surface area contributed by atoms with Gasteiger partial charge in [0.2, 0.25) is 0 Å². The number of hydrogen-bond acceptors (Lipinski definition) is 4. The molecule has 0 amide bonds. The van der Waals surface area contributed by atoms with Crippen LogP contribution in [0.25, 0.3) is 0 Å². The zero-order chi connectivity index (χ0) is 15.2. The first-order valence-electron chi connectivity index (χ1n) is 6.24. The molecule has 0 saturated carbocycles. The van der Waals surface area contributed by atoms with Crippen LogP contribution in [0.3, 0.4) is 0 Å². The number of halogens is 1. The predicted octanol–water partition coefficient (Wildman–Crippen LogP) is 3.55. The highest BCUT2D eigenvalue weighted by molar-refractivity contribution is 9.10. The summed E-state index contributed by atoms with van der Waals surface area (Å²) in [7, 11) is 0. The maximum atomic E-state index is 11.8. The quantitative estimate of drug-likeness (QED) is 0.471. The highest BCUT2D eigenvalue weighted by atomic mass is 79.9. The number of aldehydes is 1. The molecule has 0 radical (unpaired) electrons. The van der Waals surface area contributed by atoms with Crippen molar-refractivity contribution in [3.63, 3.8) is 0 Å². The Labute approximate surface area is 130 Å². The fraction of sp³-hybridized carbons (Fsp3) is 0.125. The molecule has 21 heavy (non-hydrogen) atoms. The topological polar surface area (TPSA) is 52.6 Å². The van der Waals surface area contributed by atoms with E-state index >= 15 is 0 Å². The molecule has 0 aliphatic carbocycles. The van der Waals surface area contributed by atoms with Crippen molar-refractivity contribution in [1.82, 2.24) is 0 Å². The second-order valence-corrected chi connectivity index (χ2v) is 5.21. The maximum Gasteiger partial charge on any atom is 0.349 e. The van der Waals surface area contributed by atoms with E-state index in [1.807, 2.05) is 19.1 Å². The summed E-state index contributed by atoms with van der Waals surface area (Å²) in [6.07, 6.45) is 0.639. The molecule has 0 spiro atoms. The molecule has 2 aromatic carbocycles. The fourth-order valence-electron chi connectivity index (χ4n) is 1.68. The van der Waals surface area contributed by atoms with E-state index in [4.69, 9.17) is 9.47 Å². The van der Waals surface area contributed by atoms with Gasteiger partial charge in [0.05, 0.1) is 10.0 Å². The third kappa shape index (κ3) is 4.16. The van der Waals surface area contributed by atoms with Gasteiger partial charge in [-0.2, -0.15) is 0 Å². The summed E-state index contributed by atoms with van der Waals surface area (Å²) in [5.74, 6) is 0.210. The molecule has 2 aromatic rings. The minimum absolute atomic E-state index is 0.226. The normalized spacial score (nSPS) is 10.0. The number of hydrogen-bond donors (Lipinski definition) is 0. The van der Waals surface area contributed by atoms with E-state index in [-0.39, 0.29) is 12.4 Å². The monoisotopic (exact) mass is 348 g/mol. The smallest absolute Gasteiger partial charge is 0.349 e. The molecule has 0 heterocycles. The van der Waals surface area contributed by atoms with Gasteiger partial charge in [-0.25, -0.2) is 4.79 Å². The van der Waals surface area contributed by atoms with Crippen molar-refractivity contribution >= 4 is 28.2 Å². The lowest BCUT2D eigenvalue weighted by Gasteiger charge is -2.09. The van der Waals surface area contributed by atoms with Gasteiger partial charge in [-0.05, 0) is 52.7 Å². The van der Waals surface area contributed by atoms with Crippen LogP contribution in [-0.2, 0) is 4.79 Å². The van der Waals surface area contributed by atoms with Crippen molar-refractivity contribution in [2.45, 2.75) is 6.92 Å². The van der Waals surface area contributed by atoms with Crippen LogP contribution in [0.2, 0.25) is 0 Å². The summed E-state index contributed by atoms with van der Waals surface area (Å²) in [5.41, 5.74) is 1.40. The van der Waals surface area contributed by atoms with E-state index in [2.05, 4.69) is 15.9 Å². The Balaban J connectivity index is 1.97. The van der Waals surface area contributed by atoms with E-state index in [1.54, 1.807) is 30.3 Å². The van der Waals surface area contributed by atoms with Crippen molar-refractivity contribution in [1.29, 1.82) is 0 Å². The summed E-state index contributed by atoms with van der Waals surface area (Å²) in [4.78, 5) is 22.6. The third-order valence-electron chi connectivity index (χ3n) is 2.70. The summed E-state index contributed by atoms with van der Waals surface area (Å²) >= 11 is 3.36. The maximum absolute atomic E-state index is 11.8. The second-order valence-electron chi connectivity index (χ2n) is 4.35. The molecule has 0 aliphatic heterocycles. The SMILES string of the molecule is Cc1ccc(OCC(=O)Oc2ccccc2C=O)c(Br)c1. The van der Waals surface area contributed by atoms with E-state index in [9.17, 15) is 9.59 Å². The summed E-state index contributed by atoms with van der Waals surface area (Å²) < 4.78 is 11.3. The summed E-state index contributed by atoms with van der Waals surface area (Å²) in [6.45, 7) is 1.72. The molecular formula is C16H13BrO4. The number of esters is 1. The standard InChI is InChI=1S/C16H13BrO4/c1-11-6-7-15(13(17)8-11)20-10-16(19)21-14-5-3-2-4-12(14)9-18/h2-9H,10H2,1H3. The summed E-state index contributed by atoms with van der Waals surface area (Å²) in [6, 6.07) is 12.1. The Kier molecular flexibility index (Phi) is 5.11. The average Bonchev–Trinajstić information content (AvgIpc) is 2.47. The Morgan fingerprint density at radius 3 is 2.67 bits per heavy atom. The van der Waals surface area contributed by atoms with Crippen molar-refractivity contribution in [2.75, 3.05) is 6.61 Å². The van der Waals surface area contributed by atoms with E-state index in [0.717, 1.165) is 10.0 Å². The fourth-order valence-corrected chi connectivity index (χ4v) is 2.29. The van der Waals surface area contributed by atoms with Gasteiger partial charge in [0, 0.05) is 0 Å². The first-order valence-corrected chi connectivity index (χ1v) is 7.03. The third-order valence-corrected chi connectivity index (χ3v) is 3.32. The second kappa shape index (κ2) is 7.04. The lowest BCUT2D eigenvalue weighted by atomic mass is 10.2. The minimum atomic E-state index is -0.572. The molecule has 0 aliphatic rings. The molecule has 0 bridgehead atoms. The minimum Gasteiger partial charge on any atom is -0.481 e. The van der Waals surface area contributed by atoms with Crippen LogP contribution >= 0.6 is 15.9 Å². The summed E-state index contributed by atoms with van der Waals surface area (Å²) in [5, 5.41) is 0. The Hall–Kier alpha value is -2.14. The average molecular weight is 349 g/mol. The number of ether oxygens (including phenoxy) is 2. The van der Waals surface area contributed by atoms with Gasteiger partial charge >= 0.3 is 5.97 Å². The van der Waals surface area contributed by atoms with Gasteiger partial charge in [0.25, 0.3) is 0 Å². The van der Waals surface area contributed by atoms with Crippen LogP contribution in [0.1, 0.15) is 15.9 Å². The van der Waals surface area contributed by atoms with Gasteiger partial charge in [-0.3, -0.25) is 4.79 Å². The molecule has 5 heteroatoms. The zero-order valence-corrected chi connectivity index (χ0v) is 12.9. The van der Waals surface area contributed by atoms with Gasteiger partial charge in [-0.15, -0.1) is 0 Å². The molecule has 0 unspecified atom stereocenters. The Morgan fingerprint density at radius 1 is 1.19 bits per heavy atom. The number of rotatable bonds is 5. The van der Waals surface area contributed by atoms with Crippen LogP contribution < -0.4 is 9.47 Å². The van der Waals surface area contributed by atoms with Crippen LogP contribution in [0.5, 0.6) is 11.5 Å². The van der Waals surface area contributed by atoms with Gasteiger partial charge in [-0.1, -0.05) is 18.2 Å². The number of carbonyl (C=O) groups is 2. The lowest BCUT2D eigenvalue weighted by molar-refractivity contribution is -0.136. The Morgan fingerprint density at radius 2 is 1.95 bits per heavy atom. The van der Waals surface area contributed by atoms with Crippen LogP contribution in [0.15, 0.2) is 46.9 Å². The molecule has 0 aromatic heterocycles. The number of benzene rings is 2. The Bertz CT molecular complexity index is 667. The van der Waals surface area contributed by atoms with Crippen LogP contribution in [0, 0.1) is 6.92 Å². The molecule has 2 rings (SSSR count). The van der Waals surface area contributed by atoms with Gasteiger partial charge in [0.15, 0.2) is 12.9 Å². The van der Waals surface area contributed by atoms with E-state index < -0.39 is 5.97 Å². The molecule has 0 N–H and O–H groups in total. The van der Waals surface area contributed by atoms with Crippen LogP contribution in [-0.4, -0.2) is 18.9 Å². The first kappa shape index (κ1) is 15.3. The van der Waals surface area contributed by atoms with Crippen molar-refractivity contribution < 1.29 is 19.1 Å². The largest absolute Gasteiger partial charge is 0.481 e. The zero-order valence-electron chi connectivity index (χ0n) is 11.3. The van der Waals surface area contributed by atoms with Crippen molar-refractivity contribution in [3.05, 3.63) is 58.1 Å². The molecular weight excluding hydrogens is 336 g/mol.